The van der Waals surface area contributed by atoms with Crippen LogP contribution in [-0.4, -0.2) is 34.3 Å². The topological polar surface area (TPSA) is 47.1 Å². The summed E-state index contributed by atoms with van der Waals surface area (Å²) in [4.78, 5) is 2.51. The molecule has 1 saturated heterocycles. The zero-order valence-corrected chi connectivity index (χ0v) is 16.5. The van der Waals surface area contributed by atoms with E-state index < -0.39 is 0 Å². The quantitative estimate of drug-likeness (QED) is 0.721. The van der Waals surface area contributed by atoms with E-state index in [9.17, 15) is 0 Å². The van der Waals surface area contributed by atoms with Gasteiger partial charge in [-0.05, 0) is 37.1 Å². The predicted molar refractivity (Wildman–Crippen MR) is 113 cm³/mol. The largest absolute Gasteiger partial charge is 0.330 e. The first kappa shape index (κ1) is 19.6. The van der Waals surface area contributed by atoms with E-state index in [0.29, 0.717) is 0 Å². The van der Waals surface area contributed by atoms with Crippen LogP contribution >= 0.6 is 12.4 Å². The van der Waals surface area contributed by atoms with Gasteiger partial charge in [0.1, 0.15) is 0 Å². The Morgan fingerprint density at radius 3 is 2.33 bits per heavy atom. The Kier molecular flexibility index (Phi) is 6.00. The zero-order chi connectivity index (χ0) is 18.0. The van der Waals surface area contributed by atoms with Gasteiger partial charge < -0.3 is 5.73 Å². The number of benzene rings is 2. The Morgan fingerprint density at radius 1 is 1.04 bits per heavy atom. The van der Waals surface area contributed by atoms with Crippen molar-refractivity contribution >= 4 is 12.4 Å². The van der Waals surface area contributed by atoms with Gasteiger partial charge in [0, 0.05) is 30.4 Å². The molecule has 1 aliphatic heterocycles. The fourth-order valence-electron chi connectivity index (χ4n) is 3.75. The molecule has 1 aliphatic rings. The van der Waals surface area contributed by atoms with Crippen LogP contribution in [0.25, 0.3) is 16.9 Å². The lowest BCUT2D eigenvalue weighted by Crippen LogP contribution is -2.31. The highest BCUT2D eigenvalue weighted by atomic mass is 35.5. The molecule has 27 heavy (non-hydrogen) atoms. The molecular weight excluding hydrogens is 356 g/mol. The number of hydrogen-bond acceptors (Lipinski definition) is 3. The molecule has 1 atom stereocenters. The van der Waals surface area contributed by atoms with E-state index in [1.54, 1.807) is 0 Å². The minimum absolute atomic E-state index is 0. The maximum Gasteiger partial charge on any atom is 0.0972 e. The first-order chi connectivity index (χ1) is 12.7. The van der Waals surface area contributed by atoms with Gasteiger partial charge >= 0.3 is 0 Å². The van der Waals surface area contributed by atoms with Gasteiger partial charge in [0.25, 0.3) is 0 Å². The summed E-state index contributed by atoms with van der Waals surface area (Å²) in [7, 11) is 0. The highest BCUT2D eigenvalue weighted by Gasteiger charge is 2.32. The first-order valence-corrected chi connectivity index (χ1v) is 9.29. The molecule has 2 aromatic carbocycles. The molecule has 5 heteroatoms. The van der Waals surface area contributed by atoms with E-state index in [4.69, 9.17) is 10.8 Å². The number of likely N-dealkylation sites (tertiary alicyclic amines) is 1. The van der Waals surface area contributed by atoms with Crippen molar-refractivity contribution < 1.29 is 0 Å². The summed E-state index contributed by atoms with van der Waals surface area (Å²) in [6.45, 7) is 6.09. The SMILES string of the molecule is CC1(CN)CCN(Cc2cn(-c3ccccc3)nc2-c2ccccc2)C1.Cl. The van der Waals surface area contributed by atoms with Gasteiger partial charge in [0.2, 0.25) is 0 Å². The molecule has 2 N–H and O–H groups in total. The van der Waals surface area contributed by atoms with Crippen molar-refractivity contribution in [3.8, 4) is 16.9 Å². The number of aromatic nitrogens is 2. The van der Waals surface area contributed by atoms with Crippen LogP contribution in [0.1, 0.15) is 18.9 Å². The van der Waals surface area contributed by atoms with Crippen molar-refractivity contribution in [1.82, 2.24) is 14.7 Å². The Bertz CT molecular complexity index is 863. The van der Waals surface area contributed by atoms with Gasteiger partial charge in [0.15, 0.2) is 0 Å². The van der Waals surface area contributed by atoms with E-state index in [2.05, 4.69) is 54.4 Å². The zero-order valence-electron chi connectivity index (χ0n) is 15.7. The summed E-state index contributed by atoms with van der Waals surface area (Å²) >= 11 is 0. The molecule has 2 heterocycles. The van der Waals surface area contributed by atoms with Crippen LogP contribution in [0.5, 0.6) is 0 Å². The van der Waals surface area contributed by atoms with Crippen molar-refractivity contribution in [3.63, 3.8) is 0 Å². The Balaban J connectivity index is 0.00000210. The molecule has 0 saturated carbocycles. The minimum Gasteiger partial charge on any atom is -0.330 e. The third kappa shape index (κ3) is 4.24. The maximum absolute atomic E-state index is 5.98. The lowest BCUT2D eigenvalue weighted by molar-refractivity contribution is 0.274. The van der Waals surface area contributed by atoms with Crippen LogP contribution < -0.4 is 5.73 Å². The van der Waals surface area contributed by atoms with Gasteiger partial charge in [0.05, 0.1) is 11.4 Å². The van der Waals surface area contributed by atoms with E-state index in [1.165, 1.54) is 5.56 Å². The Hall–Kier alpha value is -2.14. The summed E-state index contributed by atoms with van der Waals surface area (Å²) in [5.74, 6) is 0. The molecule has 4 rings (SSSR count). The van der Waals surface area contributed by atoms with Crippen molar-refractivity contribution in [1.29, 1.82) is 0 Å². The van der Waals surface area contributed by atoms with Crippen molar-refractivity contribution in [2.45, 2.75) is 19.9 Å². The van der Waals surface area contributed by atoms with Gasteiger partial charge in [-0.3, -0.25) is 4.90 Å². The Labute approximate surface area is 167 Å². The standard InChI is InChI=1S/C22H26N4.ClH/c1-22(16-23)12-13-25(17-22)14-19-15-26(20-10-6-3-7-11-20)24-21(19)18-8-4-2-5-9-18;/h2-11,15H,12-14,16-17,23H2,1H3;1H. The molecule has 0 aliphatic carbocycles. The van der Waals surface area contributed by atoms with Crippen LogP contribution in [0.2, 0.25) is 0 Å². The van der Waals surface area contributed by atoms with Gasteiger partial charge in [-0.25, -0.2) is 4.68 Å². The van der Waals surface area contributed by atoms with Crippen LogP contribution in [-0.2, 0) is 6.54 Å². The van der Waals surface area contributed by atoms with Crippen LogP contribution in [0, 0.1) is 5.41 Å². The highest BCUT2D eigenvalue weighted by molar-refractivity contribution is 5.85. The molecular formula is C22H27ClN4. The average Bonchev–Trinajstić information content (AvgIpc) is 3.28. The molecule has 1 aromatic heterocycles. The second-order valence-electron chi connectivity index (χ2n) is 7.62. The van der Waals surface area contributed by atoms with E-state index in [1.807, 2.05) is 28.9 Å². The second-order valence-corrected chi connectivity index (χ2v) is 7.62. The summed E-state index contributed by atoms with van der Waals surface area (Å²) in [5, 5.41) is 4.91. The maximum atomic E-state index is 5.98. The van der Waals surface area contributed by atoms with Gasteiger partial charge in [-0.15, -0.1) is 12.4 Å². The summed E-state index contributed by atoms with van der Waals surface area (Å²) < 4.78 is 2.00. The summed E-state index contributed by atoms with van der Waals surface area (Å²) in [6.07, 6.45) is 3.34. The molecule has 3 aromatic rings. The number of para-hydroxylation sites is 1. The van der Waals surface area contributed by atoms with Crippen molar-refractivity contribution in [3.05, 3.63) is 72.4 Å². The predicted octanol–water partition coefficient (Wildman–Crippen LogP) is 4.13. The van der Waals surface area contributed by atoms with Gasteiger partial charge in [-0.2, -0.15) is 5.10 Å². The van der Waals surface area contributed by atoms with Gasteiger partial charge in [-0.1, -0.05) is 55.5 Å². The number of rotatable bonds is 5. The first-order valence-electron chi connectivity index (χ1n) is 9.29. The normalized spacial score (nSPS) is 19.8. The molecule has 1 unspecified atom stereocenters. The van der Waals surface area contributed by atoms with Crippen LogP contribution in [0.3, 0.4) is 0 Å². The minimum atomic E-state index is 0. The fraction of sp³-hybridized carbons (Fsp3) is 0.318. The Morgan fingerprint density at radius 2 is 1.70 bits per heavy atom. The van der Waals surface area contributed by atoms with E-state index in [0.717, 1.165) is 49.5 Å². The van der Waals surface area contributed by atoms with Crippen molar-refractivity contribution in [2.24, 2.45) is 11.1 Å². The smallest absolute Gasteiger partial charge is 0.0972 e. The third-order valence-electron chi connectivity index (χ3n) is 5.38. The van der Waals surface area contributed by atoms with E-state index in [-0.39, 0.29) is 17.8 Å². The van der Waals surface area contributed by atoms with E-state index >= 15 is 0 Å². The molecule has 4 nitrogen and oxygen atoms in total. The lowest BCUT2D eigenvalue weighted by atomic mass is 9.90. The number of nitrogens with two attached hydrogens (primary N) is 1. The average molecular weight is 383 g/mol. The summed E-state index contributed by atoms with van der Waals surface area (Å²) in [5.41, 5.74) is 10.8. The molecule has 142 valence electrons. The van der Waals surface area contributed by atoms with Crippen LogP contribution in [0.15, 0.2) is 66.9 Å². The van der Waals surface area contributed by atoms with Crippen molar-refractivity contribution in [2.75, 3.05) is 19.6 Å². The highest BCUT2D eigenvalue weighted by Crippen LogP contribution is 2.31. The summed E-state index contributed by atoms with van der Waals surface area (Å²) in [6, 6.07) is 20.8. The molecule has 1 fully saturated rings. The second kappa shape index (κ2) is 8.26. The number of halogens is 1. The third-order valence-corrected chi connectivity index (χ3v) is 5.38. The molecule has 0 spiro atoms. The lowest BCUT2D eigenvalue weighted by Gasteiger charge is -2.22. The monoisotopic (exact) mass is 382 g/mol. The number of nitrogens with zero attached hydrogens (tertiary/aromatic N) is 3. The molecule has 0 radical (unpaired) electrons. The molecule has 0 amide bonds. The van der Waals surface area contributed by atoms with Crippen LogP contribution in [0.4, 0.5) is 0 Å². The molecule has 0 bridgehead atoms. The fourth-order valence-corrected chi connectivity index (χ4v) is 3.75. The number of hydrogen-bond donors (Lipinski definition) is 1.